The molecule has 1 aromatic heterocycles. The van der Waals surface area contributed by atoms with Crippen molar-refractivity contribution in [3.63, 3.8) is 0 Å². The van der Waals surface area contributed by atoms with Gasteiger partial charge in [0.1, 0.15) is 22.5 Å². The van der Waals surface area contributed by atoms with Gasteiger partial charge in [0.25, 0.3) is 0 Å². The van der Waals surface area contributed by atoms with E-state index in [4.69, 9.17) is 16.9 Å². The summed E-state index contributed by atoms with van der Waals surface area (Å²) in [5.41, 5.74) is 1.78. The number of aromatic nitrogens is 1. The fourth-order valence-corrected chi connectivity index (χ4v) is 2.77. The Balaban J connectivity index is 2.07. The molecule has 0 saturated carbocycles. The smallest absolute Gasteiger partial charge is 0.162 e. The first-order valence-corrected chi connectivity index (χ1v) is 7.37. The third-order valence-electron chi connectivity index (χ3n) is 2.82. The fraction of sp³-hybridized carbons (Fsp3) is 0.286. The number of nitrogens with zero attached hydrogens (tertiary/aromatic N) is 3. The Morgan fingerprint density at radius 1 is 1.48 bits per heavy atom. The molecular formula is C14H14ClFN4S. The summed E-state index contributed by atoms with van der Waals surface area (Å²) in [7, 11) is 3.79. The second kappa shape index (κ2) is 6.85. The number of benzene rings is 1. The minimum atomic E-state index is -0.231. The van der Waals surface area contributed by atoms with Crippen LogP contribution in [0.5, 0.6) is 0 Å². The van der Waals surface area contributed by atoms with Gasteiger partial charge in [0.05, 0.1) is 0 Å². The van der Waals surface area contributed by atoms with Crippen LogP contribution < -0.4 is 5.32 Å². The van der Waals surface area contributed by atoms with E-state index in [2.05, 4.69) is 9.69 Å². The van der Waals surface area contributed by atoms with E-state index in [1.165, 1.54) is 6.07 Å². The number of nitriles is 1. The third-order valence-corrected chi connectivity index (χ3v) is 4.00. The topological polar surface area (TPSA) is 52.0 Å². The van der Waals surface area contributed by atoms with Crippen LogP contribution in [0.15, 0.2) is 18.2 Å². The summed E-state index contributed by atoms with van der Waals surface area (Å²) in [4.78, 5) is 1.91. The lowest BCUT2D eigenvalue weighted by Gasteiger charge is -2.11. The van der Waals surface area contributed by atoms with Gasteiger partial charge in [-0.15, -0.1) is 0 Å². The zero-order valence-corrected chi connectivity index (χ0v) is 13.2. The molecule has 0 fully saturated rings. The maximum absolute atomic E-state index is 13.9. The number of anilines is 1. The summed E-state index contributed by atoms with van der Waals surface area (Å²) in [6.45, 7) is 0.967. The molecule has 1 N–H and O–H groups in total. The average molecular weight is 325 g/mol. The van der Waals surface area contributed by atoms with Gasteiger partial charge in [0, 0.05) is 18.7 Å². The lowest BCUT2D eigenvalue weighted by molar-refractivity contribution is 0.392. The summed E-state index contributed by atoms with van der Waals surface area (Å²) in [5.74, 6) is -0.231. The maximum Gasteiger partial charge on any atom is 0.162 e. The number of halogens is 2. The number of nitrogens with one attached hydrogen (secondary N) is 1. The van der Waals surface area contributed by atoms with Gasteiger partial charge in [0.2, 0.25) is 0 Å². The fourth-order valence-electron chi connectivity index (χ4n) is 1.84. The molecule has 0 spiro atoms. The standard InChI is InChI=1S/C14H14ClFN4S/c1-20(2)8-10-4-3-9(5-12(10)16)7-18-14-11(6-17)13(15)19-21-14/h3-5,18H,7-8H2,1-2H3. The lowest BCUT2D eigenvalue weighted by Crippen LogP contribution is -2.12. The van der Waals surface area contributed by atoms with Crippen molar-refractivity contribution < 1.29 is 4.39 Å². The van der Waals surface area contributed by atoms with E-state index in [0.29, 0.717) is 29.2 Å². The summed E-state index contributed by atoms with van der Waals surface area (Å²) >= 11 is 6.91. The first-order valence-electron chi connectivity index (χ1n) is 6.22. The van der Waals surface area contributed by atoms with Crippen LogP contribution in [0.25, 0.3) is 0 Å². The Morgan fingerprint density at radius 2 is 2.24 bits per heavy atom. The predicted molar refractivity (Wildman–Crippen MR) is 83.0 cm³/mol. The molecule has 0 unspecified atom stereocenters. The van der Waals surface area contributed by atoms with Crippen LogP contribution in [0.1, 0.15) is 16.7 Å². The summed E-state index contributed by atoms with van der Waals surface area (Å²) < 4.78 is 17.9. The van der Waals surface area contributed by atoms with Crippen LogP contribution in [0.3, 0.4) is 0 Å². The molecule has 110 valence electrons. The highest BCUT2D eigenvalue weighted by molar-refractivity contribution is 7.10. The zero-order chi connectivity index (χ0) is 15.4. The van der Waals surface area contributed by atoms with Gasteiger partial charge in [0.15, 0.2) is 5.15 Å². The van der Waals surface area contributed by atoms with E-state index in [0.717, 1.165) is 17.1 Å². The first-order chi connectivity index (χ1) is 10.0. The van der Waals surface area contributed by atoms with E-state index in [-0.39, 0.29) is 11.0 Å². The Bertz CT molecular complexity index is 678. The van der Waals surface area contributed by atoms with Gasteiger partial charge in [-0.25, -0.2) is 4.39 Å². The predicted octanol–water partition coefficient (Wildman–Crippen LogP) is 3.48. The van der Waals surface area contributed by atoms with Crippen LogP contribution in [0, 0.1) is 17.1 Å². The molecule has 0 aliphatic rings. The van der Waals surface area contributed by atoms with Crippen molar-refractivity contribution in [2.75, 3.05) is 19.4 Å². The molecule has 7 heteroatoms. The summed E-state index contributed by atoms with van der Waals surface area (Å²) in [5, 5.41) is 12.8. The monoisotopic (exact) mass is 324 g/mol. The van der Waals surface area contributed by atoms with Crippen molar-refractivity contribution in [1.82, 2.24) is 9.27 Å². The Hall–Kier alpha value is -1.68. The van der Waals surface area contributed by atoms with Gasteiger partial charge in [-0.3, -0.25) is 0 Å². The van der Waals surface area contributed by atoms with Gasteiger partial charge in [-0.2, -0.15) is 9.64 Å². The number of hydrogen-bond acceptors (Lipinski definition) is 5. The normalized spacial score (nSPS) is 10.7. The van der Waals surface area contributed by atoms with E-state index >= 15 is 0 Å². The molecule has 0 saturated heterocycles. The molecule has 0 aliphatic heterocycles. The minimum absolute atomic E-state index is 0.192. The van der Waals surface area contributed by atoms with E-state index < -0.39 is 0 Å². The van der Waals surface area contributed by atoms with E-state index in [9.17, 15) is 4.39 Å². The van der Waals surface area contributed by atoms with Crippen molar-refractivity contribution in [2.24, 2.45) is 0 Å². The maximum atomic E-state index is 13.9. The molecule has 2 rings (SSSR count). The second-order valence-corrected chi connectivity index (χ2v) is 5.94. The third kappa shape index (κ3) is 3.91. The molecule has 21 heavy (non-hydrogen) atoms. The van der Waals surface area contributed by atoms with Crippen LogP contribution in [-0.4, -0.2) is 23.4 Å². The molecule has 0 radical (unpaired) electrons. The highest BCUT2D eigenvalue weighted by Gasteiger charge is 2.11. The molecular weight excluding hydrogens is 311 g/mol. The molecule has 0 aliphatic carbocycles. The first kappa shape index (κ1) is 15.7. The van der Waals surface area contributed by atoms with Gasteiger partial charge < -0.3 is 10.2 Å². The molecule has 4 nitrogen and oxygen atoms in total. The SMILES string of the molecule is CN(C)Cc1ccc(CNc2snc(Cl)c2C#N)cc1F. The van der Waals surface area contributed by atoms with Crippen molar-refractivity contribution >= 4 is 28.1 Å². The van der Waals surface area contributed by atoms with Crippen molar-refractivity contribution in [3.8, 4) is 6.07 Å². The quantitative estimate of drug-likeness (QED) is 0.914. The van der Waals surface area contributed by atoms with Gasteiger partial charge >= 0.3 is 0 Å². The second-order valence-electron chi connectivity index (χ2n) is 4.81. The summed E-state index contributed by atoms with van der Waals surface area (Å²) in [6.07, 6.45) is 0. The zero-order valence-electron chi connectivity index (χ0n) is 11.7. The Kier molecular flexibility index (Phi) is 5.12. The number of rotatable bonds is 5. The largest absolute Gasteiger partial charge is 0.370 e. The highest BCUT2D eigenvalue weighted by Crippen LogP contribution is 2.28. The van der Waals surface area contributed by atoms with Crippen molar-refractivity contribution in [3.05, 3.63) is 45.9 Å². The van der Waals surface area contributed by atoms with E-state index in [1.807, 2.05) is 31.1 Å². The lowest BCUT2D eigenvalue weighted by atomic mass is 10.1. The average Bonchev–Trinajstić information content (AvgIpc) is 2.79. The van der Waals surface area contributed by atoms with Crippen LogP contribution in [0.4, 0.5) is 9.39 Å². The summed E-state index contributed by atoms with van der Waals surface area (Å²) in [6, 6.07) is 7.14. The molecule has 1 aromatic carbocycles. The molecule has 0 amide bonds. The van der Waals surface area contributed by atoms with Crippen LogP contribution >= 0.6 is 23.1 Å². The minimum Gasteiger partial charge on any atom is -0.370 e. The number of hydrogen-bond donors (Lipinski definition) is 1. The Labute approximate surface area is 131 Å². The van der Waals surface area contributed by atoms with Gasteiger partial charge in [-0.05, 0) is 37.3 Å². The van der Waals surface area contributed by atoms with Gasteiger partial charge in [-0.1, -0.05) is 23.7 Å². The molecule has 0 atom stereocenters. The van der Waals surface area contributed by atoms with Crippen LogP contribution in [0.2, 0.25) is 5.15 Å². The highest BCUT2D eigenvalue weighted by atomic mass is 35.5. The molecule has 1 heterocycles. The van der Waals surface area contributed by atoms with E-state index in [1.54, 1.807) is 6.07 Å². The van der Waals surface area contributed by atoms with Crippen LogP contribution in [-0.2, 0) is 13.1 Å². The molecule has 2 aromatic rings. The van der Waals surface area contributed by atoms with Crippen molar-refractivity contribution in [2.45, 2.75) is 13.1 Å². The van der Waals surface area contributed by atoms with Crippen molar-refractivity contribution in [1.29, 1.82) is 5.26 Å². The Morgan fingerprint density at radius 3 is 2.86 bits per heavy atom. The molecule has 0 bridgehead atoms.